The minimum atomic E-state index is -0.815. The molecule has 0 radical (unpaired) electrons. The standard InChI is InChI=1S/C31H33NO4/c33-30(36-21-29-27-15-6-4-13-25(27)26-14-5-7-16-28(26)29)32-22-9-8-10-23(32)20-31(34,19-22)17-18-35-24-11-2-1-3-12-24/h1-7,11-16,22-23,29,34H,8-10,17-21H2. The van der Waals surface area contributed by atoms with Crippen LogP contribution in [0.15, 0.2) is 78.9 Å². The highest BCUT2D eigenvalue weighted by Crippen LogP contribution is 2.45. The number of aliphatic hydroxyl groups is 1. The highest BCUT2D eigenvalue weighted by molar-refractivity contribution is 5.79. The third-order valence-electron chi connectivity index (χ3n) is 8.22. The van der Waals surface area contributed by atoms with Gasteiger partial charge in [0.25, 0.3) is 0 Å². The van der Waals surface area contributed by atoms with Crippen LogP contribution >= 0.6 is 0 Å². The van der Waals surface area contributed by atoms with E-state index in [9.17, 15) is 9.90 Å². The highest BCUT2D eigenvalue weighted by atomic mass is 16.6. The van der Waals surface area contributed by atoms with Gasteiger partial charge in [0.15, 0.2) is 0 Å². The first-order valence-electron chi connectivity index (χ1n) is 13.1. The van der Waals surface area contributed by atoms with Gasteiger partial charge < -0.3 is 19.5 Å². The summed E-state index contributed by atoms with van der Waals surface area (Å²) >= 11 is 0. The van der Waals surface area contributed by atoms with Gasteiger partial charge in [0.1, 0.15) is 12.4 Å². The molecule has 0 aromatic heterocycles. The number of hydrogen-bond donors (Lipinski definition) is 1. The molecule has 2 fully saturated rings. The molecule has 2 unspecified atom stereocenters. The number of ether oxygens (including phenoxy) is 2. The maximum atomic E-state index is 13.4. The molecule has 1 N–H and O–H groups in total. The van der Waals surface area contributed by atoms with Gasteiger partial charge >= 0.3 is 6.09 Å². The van der Waals surface area contributed by atoms with Crippen molar-refractivity contribution in [3.05, 3.63) is 90.0 Å². The zero-order chi connectivity index (χ0) is 24.5. The number of rotatable bonds is 6. The van der Waals surface area contributed by atoms with E-state index in [1.54, 1.807) is 0 Å². The summed E-state index contributed by atoms with van der Waals surface area (Å²) in [4.78, 5) is 15.3. The topological polar surface area (TPSA) is 59.0 Å². The molecule has 1 amide bonds. The lowest BCUT2D eigenvalue weighted by Gasteiger charge is -2.51. The van der Waals surface area contributed by atoms with E-state index in [1.807, 2.05) is 35.2 Å². The van der Waals surface area contributed by atoms with Crippen LogP contribution < -0.4 is 4.74 Å². The summed E-state index contributed by atoms with van der Waals surface area (Å²) in [6, 6.07) is 26.5. The molecule has 36 heavy (non-hydrogen) atoms. The van der Waals surface area contributed by atoms with E-state index in [0.717, 1.165) is 25.0 Å². The minimum absolute atomic E-state index is 0.00914. The quantitative estimate of drug-likeness (QED) is 0.457. The maximum absolute atomic E-state index is 13.4. The summed E-state index contributed by atoms with van der Waals surface area (Å²) < 4.78 is 11.9. The molecule has 2 heterocycles. The van der Waals surface area contributed by atoms with Crippen LogP contribution in [-0.4, -0.2) is 47.0 Å². The molecule has 5 nitrogen and oxygen atoms in total. The molecule has 3 aromatic rings. The second-order valence-corrected chi connectivity index (χ2v) is 10.5. The number of para-hydroxylation sites is 1. The van der Waals surface area contributed by atoms with Crippen LogP contribution in [0.5, 0.6) is 5.75 Å². The Balaban J connectivity index is 1.11. The summed E-state index contributed by atoms with van der Waals surface area (Å²) in [6.07, 6.45) is 4.36. The number of nitrogens with zero attached hydrogens (tertiary/aromatic N) is 1. The fourth-order valence-electron chi connectivity index (χ4n) is 6.57. The number of carbonyl (C=O) groups excluding carboxylic acids is 1. The van der Waals surface area contributed by atoms with Gasteiger partial charge in [-0.3, -0.25) is 0 Å². The van der Waals surface area contributed by atoms with Crippen molar-refractivity contribution < 1.29 is 19.4 Å². The molecule has 1 aliphatic carbocycles. The summed E-state index contributed by atoms with van der Waals surface area (Å²) in [5.74, 6) is 0.871. The van der Waals surface area contributed by atoms with Crippen molar-refractivity contribution in [2.45, 2.75) is 62.1 Å². The van der Waals surface area contributed by atoms with E-state index < -0.39 is 5.60 Å². The Morgan fingerprint density at radius 2 is 1.44 bits per heavy atom. The van der Waals surface area contributed by atoms with Crippen molar-refractivity contribution in [2.24, 2.45) is 0 Å². The van der Waals surface area contributed by atoms with E-state index in [1.165, 1.54) is 22.3 Å². The molecule has 5 heteroatoms. The summed E-state index contributed by atoms with van der Waals surface area (Å²) in [7, 11) is 0. The molecule has 2 atom stereocenters. The maximum Gasteiger partial charge on any atom is 0.410 e. The van der Waals surface area contributed by atoms with Crippen LogP contribution in [0.1, 0.15) is 55.6 Å². The van der Waals surface area contributed by atoms with Gasteiger partial charge in [-0.2, -0.15) is 0 Å². The molecule has 186 valence electrons. The number of fused-ring (bicyclic) bond motifs is 5. The van der Waals surface area contributed by atoms with E-state index >= 15 is 0 Å². The van der Waals surface area contributed by atoms with Crippen LogP contribution in [0, 0.1) is 0 Å². The van der Waals surface area contributed by atoms with E-state index in [-0.39, 0.29) is 24.1 Å². The summed E-state index contributed by atoms with van der Waals surface area (Å²) in [5.41, 5.74) is 4.08. The lowest BCUT2D eigenvalue weighted by molar-refractivity contribution is -0.0924. The van der Waals surface area contributed by atoms with Gasteiger partial charge in [-0.25, -0.2) is 4.79 Å². The lowest BCUT2D eigenvalue weighted by atomic mass is 9.74. The predicted octanol–water partition coefficient (Wildman–Crippen LogP) is 6.15. The number of hydrogen-bond acceptors (Lipinski definition) is 4. The van der Waals surface area contributed by atoms with Crippen molar-refractivity contribution >= 4 is 6.09 Å². The SMILES string of the molecule is O=C(OCC1c2ccccc2-c2ccccc21)N1C2CCCC1CC(O)(CCOc1ccccc1)C2. The third kappa shape index (κ3) is 4.37. The van der Waals surface area contributed by atoms with Gasteiger partial charge in [-0.15, -0.1) is 0 Å². The van der Waals surface area contributed by atoms with Gasteiger partial charge in [-0.05, 0) is 66.5 Å². The van der Waals surface area contributed by atoms with Crippen LogP contribution in [0.2, 0.25) is 0 Å². The zero-order valence-electron chi connectivity index (χ0n) is 20.5. The fourth-order valence-corrected chi connectivity index (χ4v) is 6.57. The molecule has 3 aliphatic rings. The predicted molar refractivity (Wildman–Crippen MR) is 139 cm³/mol. The molecular formula is C31H33NO4. The van der Waals surface area contributed by atoms with Crippen LogP contribution in [0.4, 0.5) is 4.79 Å². The van der Waals surface area contributed by atoms with Gasteiger partial charge in [0.05, 0.1) is 12.2 Å². The largest absolute Gasteiger partial charge is 0.493 e. The third-order valence-corrected chi connectivity index (χ3v) is 8.22. The first-order chi connectivity index (χ1) is 17.6. The van der Waals surface area contributed by atoms with Crippen LogP contribution in [0.25, 0.3) is 11.1 Å². The molecule has 3 aromatic carbocycles. The molecule has 0 spiro atoms. The lowest BCUT2D eigenvalue weighted by Crippen LogP contribution is -2.60. The second kappa shape index (κ2) is 9.62. The Labute approximate surface area is 212 Å². The van der Waals surface area contributed by atoms with Crippen molar-refractivity contribution in [2.75, 3.05) is 13.2 Å². The van der Waals surface area contributed by atoms with Crippen molar-refractivity contribution in [1.29, 1.82) is 0 Å². The molecular weight excluding hydrogens is 450 g/mol. The Morgan fingerprint density at radius 1 is 0.861 bits per heavy atom. The second-order valence-electron chi connectivity index (χ2n) is 10.5. The first-order valence-corrected chi connectivity index (χ1v) is 13.1. The van der Waals surface area contributed by atoms with Crippen molar-refractivity contribution in [3.63, 3.8) is 0 Å². The number of piperidine rings is 2. The minimum Gasteiger partial charge on any atom is -0.493 e. The normalized spacial score (nSPS) is 24.6. The Bertz CT molecular complexity index is 1170. The zero-order valence-corrected chi connectivity index (χ0v) is 20.5. The number of carbonyl (C=O) groups is 1. The average molecular weight is 484 g/mol. The fraction of sp³-hybridized carbons (Fsp3) is 0.387. The van der Waals surface area contributed by atoms with E-state index in [2.05, 4.69) is 48.5 Å². The van der Waals surface area contributed by atoms with Crippen LogP contribution in [-0.2, 0) is 4.74 Å². The molecule has 2 saturated heterocycles. The number of amides is 1. The molecule has 0 saturated carbocycles. The summed E-state index contributed by atoms with van der Waals surface area (Å²) in [6.45, 7) is 0.795. The Kier molecular flexibility index (Phi) is 6.18. The number of benzene rings is 3. The van der Waals surface area contributed by atoms with E-state index in [4.69, 9.17) is 9.47 Å². The first kappa shape index (κ1) is 23.1. The summed E-state index contributed by atoms with van der Waals surface area (Å²) in [5, 5.41) is 11.4. The Morgan fingerprint density at radius 3 is 2.08 bits per heavy atom. The van der Waals surface area contributed by atoms with Gasteiger partial charge in [-0.1, -0.05) is 66.7 Å². The molecule has 6 rings (SSSR count). The van der Waals surface area contributed by atoms with Gasteiger partial charge in [0.2, 0.25) is 0 Å². The smallest absolute Gasteiger partial charge is 0.410 e. The molecule has 2 aliphatic heterocycles. The van der Waals surface area contributed by atoms with E-state index in [0.29, 0.717) is 32.5 Å². The average Bonchev–Trinajstić information content (AvgIpc) is 3.21. The van der Waals surface area contributed by atoms with Crippen molar-refractivity contribution in [1.82, 2.24) is 4.90 Å². The highest BCUT2D eigenvalue weighted by Gasteiger charge is 2.48. The van der Waals surface area contributed by atoms with Crippen LogP contribution in [0.3, 0.4) is 0 Å². The monoisotopic (exact) mass is 483 g/mol. The molecule has 2 bridgehead atoms. The van der Waals surface area contributed by atoms with Crippen molar-refractivity contribution in [3.8, 4) is 16.9 Å². The Hall–Kier alpha value is -3.31. The van der Waals surface area contributed by atoms with Gasteiger partial charge in [0, 0.05) is 24.4 Å².